The van der Waals surface area contributed by atoms with E-state index in [4.69, 9.17) is 11.5 Å². The van der Waals surface area contributed by atoms with Crippen LogP contribution in [-0.2, 0) is 4.79 Å². The van der Waals surface area contributed by atoms with Gasteiger partial charge >= 0.3 is 0 Å². The van der Waals surface area contributed by atoms with Gasteiger partial charge in [-0.15, -0.1) is 0 Å². The molecule has 1 aromatic rings. The molecular weight excluding hydrogens is 278 g/mol. The molecule has 0 aromatic heterocycles. The zero-order valence-electron chi connectivity index (χ0n) is 7.81. The van der Waals surface area contributed by atoms with Crippen molar-refractivity contribution in [3.05, 3.63) is 24.3 Å². The molecule has 1 aliphatic heterocycles. The van der Waals surface area contributed by atoms with Gasteiger partial charge in [-0.25, -0.2) is 0 Å². The number of amides is 1. The molecule has 1 heterocycles. The third-order valence-electron chi connectivity index (χ3n) is 2.09. The lowest BCUT2D eigenvalue weighted by molar-refractivity contribution is -0.116. The van der Waals surface area contributed by atoms with Crippen molar-refractivity contribution < 1.29 is 4.79 Å². The Bertz CT molecular complexity index is 410. The number of halogens is 1. The second-order valence-electron chi connectivity index (χ2n) is 3.23. The van der Waals surface area contributed by atoms with Gasteiger partial charge in [0.15, 0.2) is 3.90 Å². The van der Waals surface area contributed by atoms with Crippen molar-refractivity contribution in [2.75, 3.05) is 11.4 Å². The monoisotopic (exact) mass is 287 g/mol. The van der Waals surface area contributed by atoms with E-state index in [0.717, 1.165) is 10.6 Å². The molecule has 6 heteroatoms. The Kier molecular flexibility index (Phi) is 2.66. The summed E-state index contributed by atoms with van der Waals surface area (Å²) in [6.45, 7) is 0.103. The van der Waals surface area contributed by atoms with Gasteiger partial charge in [-0.3, -0.25) is 10.5 Å². The molecule has 0 saturated heterocycles. The first-order valence-electron chi connectivity index (χ1n) is 4.32. The lowest BCUT2D eigenvalue weighted by Crippen LogP contribution is -2.49. The van der Waals surface area contributed by atoms with E-state index in [1.54, 1.807) is 4.90 Å². The molecule has 1 aromatic carbocycles. The lowest BCUT2D eigenvalue weighted by atomic mass is 10.3. The van der Waals surface area contributed by atoms with Gasteiger partial charge in [0.05, 0.1) is 5.69 Å². The smallest absolute Gasteiger partial charge is 0.237 e. The third-order valence-corrected chi connectivity index (χ3v) is 4.08. The van der Waals surface area contributed by atoms with Crippen molar-refractivity contribution in [3.8, 4) is 0 Å². The number of carbonyl (C=O) groups excluding carboxylic acids is 1. The minimum atomic E-state index is -0.786. The summed E-state index contributed by atoms with van der Waals surface area (Å²) in [5.41, 5.74) is 12.1. The summed E-state index contributed by atoms with van der Waals surface area (Å²) in [6, 6.07) is 7.72. The number of carbonyl (C=O) groups is 1. The van der Waals surface area contributed by atoms with Gasteiger partial charge in [-0.1, -0.05) is 23.9 Å². The first kappa shape index (κ1) is 10.8. The van der Waals surface area contributed by atoms with E-state index >= 15 is 0 Å². The Morgan fingerprint density at radius 1 is 1.53 bits per heavy atom. The number of rotatable bonds is 2. The quantitative estimate of drug-likeness (QED) is 0.630. The summed E-state index contributed by atoms with van der Waals surface area (Å²) in [7, 11) is 0. The van der Waals surface area contributed by atoms with Crippen LogP contribution < -0.4 is 16.4 Å². The lowest BCUT2D eigenvalue weighted by Gasteiger charge is -2.29. The molecule has 0 spiro atoms. The van der Waals surface area contributed by atoms with Gasteiger partial charge in [0.1, 0.15) is 6.54 Å². The molecule has 1 amide bonds. The van der Waals surface area contributed by atoms with Crippen LogP contribution >= 0.6 is 27.7 Å². The second-order valence-corrected chi connectivity index (χ2v) is 6.23. The molecule has 4 nitrogen and oxygen atoms in total. The zero-order chi connectivity index (χ0) is 11.1. The van der Waals surface area contributed by atoms with Gasteiger partial charge in [0.25, 0.3) is 0 Å². The molecule has 1 aliphatic rings. The summed E-state index contributed by atoms with van der Waals surface area (Å²) < 4.78 is -0.786. The summed E-state index contributed by atoms with van der Waals surface area (Å²) in [5, 5.41) is 0. The summed E-state index contributed by atoms with van der Waals surface area (Å²) in [4.78, 5) is 13.7. The van der Waals surface area contributed by atoms with E-state index in [-0.39, 0.29) is 6.54 Å². The van der Waals surface area contributed by atoms with Gasteiger partial charge in [-0.2, -0.15) is 0 Å². The zero-order valence-corrected chi connectivity index (χ0v) is 10.2. The fourth-order valence-corrected chi connectivity index (χ4v) is 3.34. The Morgan fingerprint density at radius 3 is 2.87 bits per heavy atom. The number of nitrogens with zero attached hydrogens (tertiary/aromatic N) is 1. The minimum absolute atomic E-state index is 0.103. The van der Waals surface area contributed by atoms with Crippen LogP contribution in [0.3, 0.4) is 0 Å². The fourth-order valence-electron chi connectivity index (χ4n) is 1.49. The summed E-state index contributed by atoms with van der Waals surface area (Å²) in [6.07, 6.45) is 0. The van der Waals surface area contributed by atoms with Crippen molar-refractivity contribution in [1.82, 2.24) is 0 Å². The number of anilines is 1. The number of benzene rings is 1. The van der Waals surface area contributed by atoms with E-state index < -0.39 is 9.81 Å². The maximum atomic E-state index is 10.9. The largest absolute Gasteiger partial charge is 0.368 e. The standard InChI is InChI=1S/C9H10BrN3OS/c10-9(12)13(5-8(11)14)6-3-1-2-4-7(6)15-9/h1-4H,5,12H2,(H2,11,14). The number of nitrogens with two attached hydrogens (primary N) is 2. The number of fused-ring (bicyclic) bond motifs is 1. The van der Waals surface area contributed by atoms with Crippen LogP contribution in [0.2, 0.25) is 0 Å². The molecule has 1 unspecified atom stereocenters. The average molecular weight is 288 g/mol. The van der Waals surface area contributed by atoms with Crippen LogP contribution in [-0.4, -0.2) is 16.4 Å². The molecular formula is C9H10BrN3OS. The van der Waals surface area contributed by atoms with E-state index in [1.165, 1.54) is 11.8 Å². The molecule has 0 bridgehead atoms. The fraction of sp³-hybridized carbons (Fsp3) is 0.222. The second kappa shape index (κ2) is 3.70. The van der Waals surface area contributed by atoms with Crippen LogP contribution in [0.4, 0.5) is 5.69 Å². The number of para-hydroxylation sites is 1. The van der Waals surface area contributed by atoms with E-state index in [2.05, 4.69) is 15.9 Å². The predicted octanol–water partition coefficient (Wildman–Crippen LogP) is 1.05. The maximum absolute atomic E-state index is 10.9. The van der Waals surface area contributed by atoms with Crippen molar-refractivity contribution >= 4 is 39.3 Å². The number of alkyl halides is 1. The van der Waals surface area contributed by atoms with Gasteiger partial charge in [-0.05, 0) is 28.1 Å². The van der Waals surface area contributed by atoms with Crippen LogP contribution in [0, 0.1) is 0 Å². The average Bonchev–Trinajstić information content (AvgIpc) is 2.37. The maximum Gasteiger partial charge on any atom is 0.237 e. The SMILES string of the molecule is NC(=O)CN1c2ccccc2SC1(N)Br. The summed E-state index contributed by atoms with van der Waals surface area (Å²) in [5.74, 6) is -0.401. The van der Waals surface area contributed by atoms with E-state index in [9.17, 15) is 4.79 Å². The van der Waals surface area contributed by atoms with Crippen LogP contribution in [0.5, 0.6) is 0 Å². The van der Waals surface area contributed by atoms with Crippen LogP contribution in [0.1, 0.15) is 0 Å². The Hall–Kier alpha value is -0.720. The molecule has 2 rings (SSSR count). The minimum Gasteiger partial charge on any atom is -0.368 e. The van der Waals surface area contributed by atoms with Gasteiger partial charge < -0.3 is 10.6 Å². The molecule has 0 aliphatic carbocycles. The van der Waals surface area contributed by atoms with Gasteiger partial charge in [0, 0.05) is 4.90 Å². The van der Waals surface area contributed by atoms with Crippen LogP contribution in [0.25, 0.3) is 0 Å². The molecule has 0 saturated carbocycles. The number of primary amides is 1. The molecule has 1 atom stereocenters. The highest BCUT2D eigenvalue weighted by atomic mass is 79.9. The van der Waals surface area contributed by atoms with Crippen molar-refractivity contribution in [3.63, 3.8) is 0 Å². The highest BCUT2D eigenvalue weighted by Gasteiger charge is 2.39. The van der Waals surface area contributed by atoms with Crippen LogP contribution in [0.15, 0.2) is 29.2 Å². The Labute approximate surface area is 100 Å². The topological polar surface area (TPSA) is 72.4 Å². The normalized spacial score (nSPS) is 24.0. The molecule has 0 radical (unpaired) electrons. The summed E-state index contributed by atoms with van der Waals surface area (Å²) >= 11 is 4.83. The van der Waals surface area contributed by atoms with E-state index in [0.29, 0.717) is 0 Å². The molecule has 4 N–H and O–H groups in total. The highest BCUT2D eigenvalue weighted by molar-refractivity contribution is 9.12. The third kappa shape index (κ3) is 1.97. The Balaban J connectivity index is 2.38. The first-order chi connectivity index (χ1) is 7.00. The molecule has 15 heavy (non-hydrogen) atoms. The molecule has 0 fully saturated rings. The van der Waals surface area contributed by atoms with Gasteiger partial charge in [0.2, 0.25) is 5.91 Å². The van der Waals surface area contributed by atoms with Crippen molar-refractivity contribution in [2.45, 2.75) is 8.80 Å². The number of hydrogen-bond acceptors (Lipinski definition) is 4. The first-order valence-corrected chi connectivity index (χ1v) is 5.93. The molecule has 80 valence electrons. The highest BCUT2D eigenvalue weighted by Crippen LogP contribution is 2.50. The Morgan fingerprint density at radius 2 is 2.20 bits per heavy atom. The number of thioether (sulfide) groups is 1. The van der Waals surface area contributed by atoms with Crippen molar-refractivity contribution in [1.29, 1.82) is 0 Å². The predicted molar refractivity (Wildman–Crippen MR) is 64.7 cm³/mol. The number of hydrogen-bond donors (Lipinski definition) is 2. The van der Waals surface area contributed by atoms with Crippen molar-refractivity contribution in [2.24, 2.45) is 11.5 Å². The van der Waals surface area contributed by atoms with E-state index in [1.807, 2.05) is 24.3 Å².